The van der Waals surface area contributed by atoms with E-state index in [0.29, 0.717) is 11.3 Å². The maximum atomic E-state index is 12.0. The van der Waals surface area contributed by atoms with E-state index in [4.69, 9.17) is 4.74 Å². The number of rotatable bonds is 5. The van der Waals surface area contributed by atoms with Gasteiger partial charge in [0, 0.05) is 17.2 Å². The number of hydrogen-bond donors (Lipinski definition) is 1. The molecule has 2 aromatic carbocycles. The monoisotopic (exact) mass is 313 g/mol. The Morgan fingerprint density at radius 2 is 2.09 bits per heavy atom. The minimum Gasteiger partial charge on any atom is -0.497 e. The molecule has 2 aromatic rings. The number of hydrazone groups is 1. The Labute approximate surface area is 132 Å². The standard InChI is InChI=1S/C16H15N3O4/c1-11-6-7-13(9-15(11)19(21)22)16(20)18-17-10-12-4-3-5-14(8-12)23-2/h3-10H,1-2H3,(H,18,20)/b17-10-. The van der Waals surface area contributed by atoms with Crippen LogP contribution in [0.5, 0.6) is 5.75 Å². The molecule has 1 amide bonds. The zero-order valence-corrected chi connectivity index (χ0v) is 12.6. The van der Waals surface area contributed by atoms with E-state index in [0.717, 1.165) is 5.56 Å². The summed E-state index contributed by atoms with van der Waals surface area (Å²) in [7, 11) is 1.56. The average molecular weight is 313 g/mol. The highest BCUT2D eigenvalue weighted by Gasteiger charge is 2.14. The molecule has 7 heteroatoms. The third-order valence-electron chi connectivity index (χ3n) is 3.14. The van der Waals surface area contributed by atoms with Crippen LogP contribution in [0.25, 0.3) is 0 Å². The van der Waals surface area contributed by atoms with Crippen LogP contribution >= 0.6 is 0 Å². The molecule has 2 rings (SSSR count). The van der Waals surface area contributed by atoms with Gasteiger partial charge in [-0.25, -0.2) is 5.43 Å². The van der Waals surface area contributed by atoms with Gasteiger partial charge in [0.15, 0.2) is 0 Å². The Hall–Kier alpha value is -3.22. The Bertz CT molecular complexity index is 772. The minimum atomic E-state index is -0.522. The lowest BCUT2D eigenvalue weighted by molar-refractivity contribution is -0.385. The van der Waals surface area contributed by atoms with Crippen molar-refractivity contribution in [1.82, 2.24) is 5.43 Å². The van der Waals surface area contributed by atoms with Gasteiger partial charge in [-0.3, -0.25) is 14.9 Å². The van der Waals surface area contributed by atoms with Gasteiger partial charge in [0.2, 0.25) is 0 Å². The SMILES string of the molecule is COc1cccc(/C=N\NC(=O)c2ccc(C)c([N+](=O)[O-])c2)c1. The number of methoxy groups -OCH3 is 1. The topological polar surface area (TPSA) is 93.8 Å². The molecule has 0 aliphatic heterocycles. The number of carbonyl (C=O) groups is 1. The number of nitro benzene ring substituents is 1. The lowest BCUT2D eigenvalue weighted by atomic mass is 10.1. The molecule has 118 valence electrons. The molecule has 0 radical (unpaired) electrons. The summed E-state index contributed by atoms with van der Waals surface area (Å²) in [6, 6.07) is 11.4. The Morgan fingerprint density at radius 3 is 2.78 bits per heavy atom. The summed E-state index contributed by atoms with van der Waals surface area (Å²) in [6.45, 7) is 1.61. The van der Waals surface area contributed by atoms with Gasteiger partial charge in [0.1, 0.15) is 5.75 Å². The number of nitro groups is 1. The molecule has 0 fully saturated rings. The zero-order valence-electron chi connectivity index (χ0n) is 12.6. The highest BCUT2D eigenvalue weighted by atomic mass is 16.6. The van der Waals surface area contributed by atoms with Crippen molar-refractivity contribution in [3.63, 3.8) is 0 Å². The molecule has 0 aliphatic rings. The van der Waals surface area contributed by atoms with Crippen LogP contribution < -0.4 is 10.2 Å². The van der Waals surface area contributed by atoms with Crippen LogP contribution in [0, 0.1) is 17.0 Å². The van der Waals surface area contributed by atoms with Crippen LogP contribution in [0.1, 0.15) is 21.5 Å². The number of nitrogens with zero attached hydrogens (tertiary/aromatic N) is 2. The predicted molar refractivity (Wildman–Crippen MR) is 85.9 cm³/mol. The molecule has 0 saturated carbocycles. The van der Waals surface area contributed by atoms with Crippen molar-refractivity contribution in [1.29, 1.82) is 0 Å². The van der Waals surface area contributed by atoms with E-state index >= 15 is 0 Å². The van der Waals surface area contributed by atoms with Gasteiger partial charge in [0.25, 0.3) is 11.6 Å². The fourth-order valence-electron chi connectivity index (χ4n) is 1.90. The molecule has 0 aromatic heterocycles. The Morgan fingerprint density at radius 1 is 1.30 bits per heavy atom. The number of carbonyl (C=O) groups excluding carboxylic acids is 1. The van der Waals surface area contributed by atoms with Gasteiger partial charge >= 0.3 is 0 Å². The largest absolute Gasteiger partial charge is 0.497 e. The first-order valence-electron chi connectivity index (χ1n) is 6.74. The second-order valence-corrected chi connectivity index (χ2v) is 4.73. The molecule has 0 spiro atoms. The average Bonchev–Trinajstić information content (AvgIpc) is 2.55. The normalized spacial score (nSPS) is 10.5. The third-order valence-corrected chi connectivity index (χ3v) is 3.14. The summed E-state index contributed by atoms with van der Waals surface area (Å²) >= 11 is 0. The molecular weight excluding hydrogens is 298 g/mol. The fraction of sp³-hybridized carbons (Fsp3) is 0.125. The van der Waals surface area contributed by atoms with E-state index in [1.165, 1.54) is 24.4 Å². The quantitative estimate of drug-likeness (QED) is 0.521. The molecule has 0 heterocycles. The fourth-order valence-corrected chi connectivity index (χ4v) is 1.90. The molecule has 0 atom stereocenters. The van der Waals surface area contributed by atoms with E-state index in [2.05, 4.69) is 10.5 Å². The van der Waals surface area contributed by atoms with Crippen molar-refractivity contribution in [3.05, 3.63) is 69.3 Å². The summed E-state index contributed by atoms with van der Waals surface area (Å²) in [6.07, 6.45) is 1.46. The molecule has 0 bridgehead atoms. The van der Waals surface area contributed by atoms with Crippen LogP contribution in [0.3, 0.4) is 0 Å². The first-order chi connectivity index (χ1) is 11.0. The van der Waals surface area contributed by atoms with Gasteiger partial charge in [-0.15, -0.1) is 0 Å². The van der Waals surface area contributed by atoms with Crippen molar-refractivity contribution in [2.75, 3.05) is 7.11 Å². The zero-order chi connectivity index (χ0) is 16.8. The Kier molecular flexibility index (Phi) is 5.03. The third kappa shape index (κ3) is 4.13. The molecule has 7 nitrogen and oxygen atoms in total. The number of nitrogens with one attached hydrogen (secondary N) is 1. The van der Waals surface area contributed by atoms with Crippen LogP contribution in [0.15, 0.2) is 47.6 Å². The molecule has 0 unspecified atom stereocenters. The number of ether oxygens (including phenoxy) is 1. The summed E-state index contributed by atoms with van der Waals surface area (Å²) < 4.78 is 5.09. The van der Waals surface area contributed by atoms with Gasteiger partial charge in [-0.2, -0.15) is 5.10 Å². The molecule has 0 aliphatic carbocycles. The maximum Gasteiger partial charge on any atom is 0.273 e. The number of hydrogen-bond acceptors (Lipinski definition) is 5. The van der Waals surface area contributed by atoms with Crippen LogP contribution in [-0.4, -0.2) is 24.2 Å². The van der Waals surface area contributed by atoms with E-state index in [1.54, 1.807) is 38.3 Å². The van der Waals surface area contributed by atoms with Crippen molar-refractivity contribution in [2.45, 2.75) is 6.92 Å². The van der Waals surface area contributed by atoms with E-state index < -0.39 is 10.8 Å². The minimum absolute atomic E-state index is 0.102. The highest BCUT2D eigenvalue weighted by molar-refractivity contribution is 5.95. The van der Waals surface area contributed by atoms with Crippen molar-refractivity contribution < 1.29 is 14.5 Å². The smallest absolute Gasteiger partial charge is 0.273 e. The van der Waals surface area contributed by atoms with Crippen molar-refractivity contribution in [2.24, 2.45) is 5.10 Å². The first kappa shape index (κ1) is 16.2. The number of aryl methyl sites for hydroxylation is 1. The van der Waals surface area contributed by atoms with Gasteiger partial charge in [0.05, 0.1) is 18.2 Å². The predicted octanol–water partition coefficient (Wildman–Crippen LogP) is 2.68. The van der Waals surface area contributed by atoms with E-state index in [9.17, 15) is 14.9 Å². The second-order valence-electron chi connectivity index (χ2n) is 4.73. The van der Waals surface area contributed by atoms with Gasteiger partial charge in [-0.1, -0.05) is 18.2 Å². The lowest BCUT2D eigenvalue weighted by Gasteiger charge is -2.02. The summed E-state index contributed by atoms with van der Waals surface area (Å²) in [5.74, 6) is 0.154. The molecule has 1 N–H and O–H groups in total. The van der Waals surface area contributed by atoms with E-state index in [-0.39, 0.29) is 11.3 Å². The summed E-state index contributed by atoms with van der Waals surface area (Å²) in [5, 5.41) is 14.7. The summed E-state index contributed by atoms with van der Waals surface area (Å²) in [4.78, 5) is 22.3. The number of amides is 1. The van der Waals surface area contributed by atoms with Crippen molar-refractivity contribution in [3.8, 4) is 5.75 Å². The van der Waals surface area contributed by atoms with Crippen LogP contribution in [0.2, 0.25) is 0 Å². The van der Waals surface area contributed by atoms with Gasteiger partial charge < -0.3 is 4.74 Å². The molecule has 23 heavy (non-hydrogen) atoms. The van der Waals surface area contributed by atoms with Crippen molar-refractivity contribution >= 4 is 17.8 Å². The van der Waals surface area contributed by atoms with Crippen LogP contribution in [-0.2, 0) is 0 Å². The van der Waals surface area contributed by atoms with E-state index in [1.807, 2.05) is 0 Å². The maximum absolute atomic E-state index is 12.0. The highest BCUT2D eigenvalue weighted by Crippen LogP contribution is 2.19. The van der Waals surface area contributed by atoms with Crippen LogP contribution in [0.4, 0.5) is 5.69 Å². The first-order valence-corrected chi connectivity index (χ1v) is 6.74. The summed E-state index contributed by atoms with van der Waals surface area (Å²) in [5.41, 5.74) is 3.65. The molecular formula is C16H15N3O4. The number of benzene rings is 2. The second kappa shape index (κ2) is 7.17. The van der Waals surface area contributed by atoms with Gasteiger partial charge in [-0.05, 0) is 30.7 Å². The lowest BCUT2D eigenvalue weighted by Crippen LogP contribution is -2.17. The molecule has 0 saturated heterocycles. The Balaban J connectivity index is 2.08.